The fourth-order valence-corrected chi connectivity index (χ4v) is 2.18. The maximum atomic E-state index is 12.4. The Morgan fingerprint density at radius 2 is 1.84 bits per heavy atom. The highest BCUT2D eigenvalue weighted by atomic mass is 35.5. The Hall–Kier alpha value is -1.51. The van der Waals surface area contributed by atoms with Gasteiger partial charge < -0.3 is 4.74 Å². The van der Waals surface area contributed by atoms with Crippen LogP contribution < -0.4 is 4.74 Å². The number of methoxy groups -OCH3 is 1. The predicted molar refractivity (Wildman–Crippen MR) is 77.6 cm³/mol. The summed E-state index contributed by atoms with van der Waals surface area (Å²) in [5, 5.41) is 1.05. The summed E-state index contributed by atoms with van der Waals surface area (Å²) in [5.41, 5.74) is 1.87. The number of hydrogen-bond acceptors (Lipinski definition) is 2. The summed E-state index contributed by atoms with van der Waals surface area (Å²) in [6.07, 6.45) is 0. The minimum Gasteiger partial charge on any atom is -0.495 e. The van der Waals surface area contributed by atoms with Crippen molar-refractivity contribution in [3.05, 3.63) is 63.1 Å². The van der Waals surface area contributed by atoms with Crippen molar-refractivity contribution in [2.24, 2.45) is 0 Å². The van der Waals surface area contributed by atoms with Crippen LogP contribution in [0, 0.1) is 6.92 Å². The van der Waals surface area contributed by atoms with E-state index in [0.29, 0.717) is 26.9 Å². The summed E-state index contributed by atoms with van der Waals surface area (Å²) in [7, 11) is 1.51. The van der Waals surface area contributed by atoms with Crippen LogP contribution in [0.1, 0.15) is 21.5 Å². The molecule has 0 aromatic heterocycles. The topological polar surface area (TPSA) is 26.3 Å². The van der Waals surface area contributed by atoms with Gasteiger partial charge in [0.25, 0.3) is 0 Å². The van der Waals surface area contributed by atoms with Crippen LogP contribution >= 0.6 is 23.2 Å². The van der Waals surface area contributed by atoms with Crippen molar-refractivity contribution in [2.45, 2.75) is 6.92 Å². The second kappa shape index (κ2) is 5.64. The van der Waals surface area contributed by atoms with Gasteiger partial charge in [-0.2, -0.15) is 0 Å². The molecule has 4 heteroatoms. The van der Waals surface area contributed by atoms with E-state index in [4.69, 9.17) is 27.9 Å². The summed E-state index contributed by atoms with van der Waals surface area (Å²) < 4.78 is 5.12. The van der Waals surface area contributed by atoms with Gasteiger partial charge in [-0.25, -0.2) is 0 Å². The number of ketones is 1. The third-order valence-electron chi connectivity index (χ3n) is 2.93. The molecule has 0 atom stereocenters. The Balaban J connectivity index is 2.47. The van der Waals surface area contributed by atoms with Gasteiger partial charge in [0.2, 0.25) is 0 Å². The number of rotatable bonds is 3. The van der Waals surface area contributed by atoms with Crippen LogP contribution in [0.3, 0.4) is 0 Å². The standard InChI is InChI=1S/C15H12Cl2O2/c1-9-11(4-3-5-12(9)16)15(18)10-6-7-13(17)14(8-10)19-2/h3-8H,1-2H3. The van der Waals surface area contributed by atoms with E-state index in [1.165, 1.54) is 7.11 Å². The smallest absolute Gasteiger partial charge is 0.193 e. The van der Waals surface area contributed by atoms with Crippen LogP contribution in [-0.2, 0) is 0 Å². The first-order chi connectivity index (χ1) is 9.04. The lowest BCUT2D eigenvalue weighted by atomic mass is 9.99. The molecule has 19 heavy (non-hydrogen) atoms. The molecule has 2 nitrogen and oxygen atoms in total. The Morgan fingerprint density at radius 3 is 2.53 bits per heavy atom. The van der Waals surface area contributed by atoms with Crippen molar-refractivity contribution in [3.63, 3.8) is 0 Å². The van der Waals surface area contributed by atoms with Gasteiger partial charge in [0.05, 0.1) is 12.1 Å². The molecule has 2 aromatic carbocycles. The molecule has 98 valence electrons. The quantitative estimate of drug-likeness (QED) is 0.777. The molecule has 0 aliphatic heterocycles. The van der Waals surface area contributed by atoms with E-state index in [9.17, 15) is 4.79 Å². The second-order valence-corrected chi connectivity index (χ2v) is 4.91. The van der Waals surface area contributed by atoms with Crippen LogP contribution in [-0.4, -0.2) is 12.9 Å². The molecule has 0 bridgehead atoms. The lowest BCUT2D eigenvalue weighted by Gasteiger charge is -2.08. The van der Waals surface area contributed by atoms with Crippen LogP contribution in [0.25, 0.3) is 0 Å². The number of hydrogen-bond donors (Lipinski definition) is 0. The SMILES string of the molecule is COc1cc(C(=O)c2cccc(Cl)c2C)ccc1Cl. The zero-order chi connectivity index (χ0) is 14.0. The molecule has 0 aliphatic carbocycles. The third kappa shape index (κ3) is 2.75. The summed E-state index contributed by atoms with van der Waals surface area (Å²) in [5.74, 6) is 0.377. The van der Waals surface area contributed by atoms with Crippen molar-refractivity contribution in [1.29, 1.82) is 0 Å². The Bertz CT molecular complexity index is 636. The number of carbonyl (C=O) groups excluding carboxylic acids is 1. The Labute approximate surface area is 121 Å². The molecule has 0 amide bonds. The van der Waals surface area contributed by atoms with Gasteiger partial charge in [-0.1, -0.05) is 35.3 Å². The van der Waals surface area contributed by atoms with Crippen LogP contribution in [0.5, 0.6) is 5.75 Å². The van der Waals surface area contributed by atoms with Crippen LogP contribution in [0.15, 0.2) is 36.4 Å². The number of halogens is 2. The Morgan fingerprint density at radius 1 is 1.11 bits per heavy atom. The van der Waals surface area contributed by atoms with Crippen molar-refractivity contribution in [2.75, 3.05) is 7.11 Å². The predicted octanol–water partition coefficient (Wildman–Crippen LogP) is 4.54. The Kier molecular flexibility index (Phi) is 4.13. The number of carbonyl (C=O) groups is 1. The van der Waals surface area contributed by atoms with E-state index in [-0.39, 0.29) is 5.78 Å². The molecule has 0 unspecified atom stereocenters. The van der Waals surface area contributed by atoms with E-state index in [1.807, 2.05) is 6.92 Å². The average Bonchev–Trinajstić information content (AvgIpc) is 2.41. The monoisotopic (exact) mass is 294 g/mol. The lowest BCUT2D eigenvalue weighted by molar-refractivity contribution is 0.103. The highest BCUT2D eigenvalue weighted by Gasteiger charge is 2.14. The molecule has 0 heterocycles. The molecular weight excluding hydrogens is 283 g/mol. The maximum absolute atomic E-state index is 12.4. The first-order valence-electron chi connectivity index (χ1n) is 5.68. The van der Waals surface area contributed by atoms with Gasteiger partial charge >= 0.3 is 0 Å². The molecule has 0 fully saturated rings. The van der Waals surface area contributed by atoms with Gasteiger partial charge in [0.1, 0.15) is 5.75 Å². The summed E-state index contributed by atoms with van der Waals surface area (Å²) in [4.78, 5) is 12.4. The van der Waals surface area contributed by atoms with Crippen molar-refractivity contribution in [3.8, 4) is 5.75 Å². The molecular formula is C15H12Cl2O2. The lowest BCUT2D eigenvalue weighted by Crippen LogP contribution is -2.04. The van der Waals surface area contributed by atoms with E-state index >= 15 is 0 Å². The van der Waals surface area contributed by atoms with Gasteiger partial charge in [0, 0.05) is 16.1 Å². The fourth-order valence-electron chi connectivity index (χ4n) is 1.81. The normalized spacial score (nSPS) is 10.3. The van der Waals surface area contributed by atoms with Crippen LogP contribution in [0.4, 0.5) is 0 Å². The molecule has 0 aliphatic rings. The fraction of sp³-hybridized carbons (Fsp3) is 0.133. The highest BCUT2D eigenvalue weighted by molar-refractivity contribution is 6.33. The summed E-state index contributed by atoms with van der Waals surface area (Å²) >= 11 is 12.0. The average molecular weight is 295 g/mol. The van der Waals surface area contributed by atoms with Gasteiger partial charge in [-0.15, -0.1) is 0 Å². The number of benzene rings is 2. The van der Waals surface area contributed by atoms with E-state index in [2.05, 4.69) is 0 Å². The molecule has 0 saturated heterocycles. The first kappa shape index (κ1) is 13.9. The molecule has 0 spiro atoms. The molecule has 2 aromatic rings. The van der Waals surface area contributed by atoms with Gasteiger partial charge in [-0.05, 0) is 36.8 Å². The number of ether oxygens (including phenoxy) is 1. The zero-order valence-electron chi connectivity index (χ0n) is 10.5. The molecule has 0 radical (unpaired) electrons. The second-order valence-electron chi connectivity index (χ2n) is 4.09. The van der Waals surface area contributed by atoms with E-state index in [0.717, 1.165) is 5.56 Å². The van der Waals surface area contributed by atoms with E-state index in [1.54, 1.807) is 36.4 Å². The van der Waals surface area contributed by atoms with Crippen molar-refractivity contribution in [1.82, 2.24) is 0 Å². The third-order valence-corrected chi connectivity index (χ3v) is 3.65. The maximum Gasteiger partial charge on any atom is 0.193 e. The van der Waals surface area contributed by atoms with Gasteiger partial charge in [-0.3, -0.25) is 4.79 Å². The summed E-state index contributed by atoms with van der Waals surface area (Å²) in [6, 6.07) is 10.2. The summed E-state index contributed by atoms with van der Waals surface area (Å²) in [6.45, 7) is 1.82. The minimum atomic E-state index is -0.102. The van der Waals surface area contributed by atoms with Crippen molar-refractivity contribution >= 4 is 29.0 Å². The van der Waals surface area contributed by atoms with E-state index < -0.39 is 0 Å². The molecule has 0 saturated carbocycles. The largest absolute Gasteiger partial charge is 0.495 e. The minimum absolute atomic E-state index is 0.102. The highest BCUT2D eigenvalue weighted by Crippen LogP contribution is 2.27. The zero-order valence-corrected chi connectivity index (χ0v) is 12.0. The first-order valence-corrected chi connectivity index (χ1v) is 6.43. The van der Waals surface area contributed by atoms with Crippen LogP contribution in [0.2, 0.25) is 10.0 Å². The molecule has 2 rings (SSSR count). The molecule has 0 N–H and O–H groups in total. The van der Waals surface area contributed by atoms with Gasteiger partial charge in [0.15, 0.2) is 5.78 Å². The van der Waals surface area contributed by atoms with Crippen molar-refractivity contribution < 1.29 is 9.53 Å².